The van der Waals surface area contributed by atoms with E-state index in [0.29, 0.717) is 38.9 Å². The van der Waals surface area contributed by atoms with Crippen molar-refractivity contribution >= 4 is 38.7 Å². The molecule has 7 nitrogen and oxygen atoms in total. The Balaban J connectivity index is 0.000000354. The van der Waals surface area contributed by atoms with E-state index in [2.05, 4.69) is 102 Å². The van der Waals surface area contributed by atoms with Crippen LogP contribution in [-0.4, -0.2) is 26.6 Å². The van der Waals surface area contributed by atoms with Crippen molar-refractivity contribution in [3.05, 3.63) is 125 Å². The minimum Gasteiger partial charge on any atom is -0.543 e. The third-order valence-corrected chi connectivity index (χ3v) is 25.9. The molecule has 0 saturated heterocycles. The maximum absolute atomic E-state index is 9.79. The number of aryl methyl sites for hydroxylation is 1. The van der Waals surface area contributed by atoms with Gasteiger partial charge in [-0.1, -0.05) is 136 Å². The van der Waals surface area contributed by atoms with Crippen molar-refractivity contribution in [2.24, 2.45) is 0 Å². The van der Waals surface area contributed by atoms with Crippen LogP contribution in [0.3, 0.4) is 0 Å². The van der Waals surface area contributed by atoms with Gasteiger partial charge >= 0.3 is 0 Å². The number of nitrogens with zero attached hydrogens (tertiary/aromatic N) is 4. The first-order chi connectivity index (χ1) is 28.6. The molecule has 0 radical (unpaired) electrons. The van der Waals surface area contributed by atoms with Crippen LogP contribution in [0.4, 0.5) is 0 Å². The summed E-state index contributed by atoms with van der Waals surface area (Å²) in [7, 11) is -3.02. The van der Waals surface area contributed by atoms with Gasteiger partial charge in [-0.2, -0.15) is 21.0 Å². The topological polar surface area (TPSA) is 145 Å². The molecule has 4 aromatic carbocycles. The molecule has 0 amide bonds. The molecule has 9 heteroatoms. The van der Waals surface area contributed by atoms with Gasteiger partial charge in [0.05, 0.1) is 30.4 Å². The van der Waals surface area contributed by atoms with Gasteiger partial charge in [0, 0.05) is 0 Å². The van der Waals surface area contributed by atoms with Gasteiger partial charge in [0.1, 0.15) is 41.5 Å². The van der Waals surface area contributed by atoms with E-state index in [-0.39, 0.29) is 22.6 Å². The summed E-state index contributed by atoms with van der Waals surface area (Å²) in [6.45, 7) is 32.5. The largest absolute Gasteiger partial charge is 0.543 e. The van der Waals surface area contributed by atoms with Crippen LogP contribution in [0.15, 0.2) is 97.1 Å². The van der Waals surface area contributed by atoms with E-state index in [1.54, 1.807) is 24.3 Å². The molecule has 0 aliphatic heterocycles. The Morgan fingerprint density at radius 2 is 0.672 bits per heavy atom. The van der Waals surface area contributed by atoms with Gasteiger partial charge < -0.3 is 14.6 Å². The molecule has 0 aliphatic rings. The summed E-state index contributed by atoms with van der Waals surface area (Å²) < 4.78 is 6.71. The normalized spacial score (nSPS) is 12.3. The number of allylic oxidation sites excluding steroid dienone is 4. The molecule has 0 heterocycles. The molecule has 0 atom stereocenters. The summed E-state index contributed by atoms with van der Waals surface area (Å²) in [6, 6.07) is 35.9. The summed E-state index contributed by atoms with van der Waals surface area (Å²) in [4.78, 5) is 0. The maximum atomic E-state index is 9.79. The monoisotopic (exact) mass is 850 g/mol. The third kappa shape index (κ3) is 12.8. The van der Waals surface area contributed by atoms with Crippen LogP contribution in [0, 0.1) is 52.2 Å². The number of aromatic hydroxyl groups is 2. The zero-order valence-electron chi connectivity index (χ0n) is 38.8. The molecule has 0 aliphatic carbocycles. The lowest BCUT2D eigenvalue weighted by Crippen LogP contribution is -2.50. The highest BCUT2D eigenvalue weighted by Crippen LogP contribution is 2.43. The highest BCUT2D eigenvalue weighted by atomic mass is 28.4. The highest BCUT2D eigenvalue weighted by Gasteiger charge is 2.47. The molecule has 320 valence electrons. The summed E-state index contributed by atoms with van der Waals surface area (Å²) in [5.74, 6) is 1.02. The minimum absolute atomic E-state index is 0.0918. The molecule has 4 aromatic rings. The van der Waals surface area contributed by atoms with Crippen LogP contribution < -0.4 is 4.43 Å². The fraction of sp³-hybridized carbons (Fsp3) is 0.385. The smallest absolute Gasteiger partial charge is 0.258 e. The van der Waals surface area contributed by atoms with Crippen LogP contribution in [0.5, 0.6) is 17.2 Å². The zero-order valence-corrected chi connectivity index (χ0v) is 40.8. The van der Waals surface area contributed by atoms with E-state index < -0.39 is 16.4 Å². The zero-order chi connectivity index (χ0) is 46.2. The van der Waals surface area contributed by atoms with Crippen LogP contribution in [0.2, 0.25) is 39.8 Å². The second-order valence-corrected chi connectivity index (χ2v) is 29.3. The second kappa shape index (κ2) is 23.2. The molecular formula is C52H66N4O3Si2. The summed E-state index contributed by atoms with van der Waals surface area (Å²) in [5, 5.41) is 56.6. The molecule has 0 bridgehead atoms. The summed E-state index contributed by atoms with van der Waals surface area (Å²) >= 11 is 0. The van der Waals surface area contributed by atoms with Crippen molar-refractivity contribution in [2.45, 2.75) is 130 Å². The Bertz CT molecular complexity index is 2150. The molecule has 0 fully saturated rings. The predicted octanol–water partition coefficient (Wildman–Crippen LogP) is 14.9. The molecule has 4 rings (SSSR count). The van der Waals surface area contributed by atoms with Gasteiger partial charge in [-0.3, -0.25) is 0 Å². The van der Waals surface area contributed by atoms with Crippen molar-refractivity contribution < 1.29 is 14.6 Å². The van der Waals surface area contributed by atoms with Gasteiger partial charge in [0.15, 0.2) is 0 Å². The molecule has 2 N–H and O–H groups in total. The number of nitriles is 4. The van der Waals surface area contributed by atoms with E-state index in [0.717, 1.165) is 39.1 Å². The first-order valence-corrected chi connectivity index (χ1v) is 26.1. The van der Waals surface area contributed by atoms with Gasteiger partial charge in [0.25, 0.3) is 8.32 Å². The van der Waals surface area contributed by atoms with E-state index in [1.807, 2.05) is 67.6 Å². The van der Waals surface area contributed by atoms with Gasteiger partial charge in [0.2, 0.25) is 0 Å². The fourth-order valence-electron chi connectivity index (χ4n) is 8.28. The van der Waals surface area contributed by atoms with Gasteiger partial charge in [-0.25, -0.2) is 0 Å². The lowest BCUT2D eigenvalue weighted by atomic mass is 9.96. The highest BCUT2D eigenvalue weighted by molar-refractivity contribution is 6.82. The number of hydrogen-bond donors (Lipinski definition) is 2. The second-order valence-electron chi connectivity index (χ2n) is 17.7. The third-order valence-electron chi connectivity index (χ3n) is 12.5. The molecule has 61 heavy (non-hydrogen) atoms. The molecule has 0 aromatic heterocycles. The SMILES string of the molecule is CC(C)[Si](C)(C(C)C)C(C)C.Cc1ccc(/C(C#N)=C(\C#N)c2ccc(O[Si](C(C)C)(C(C)C)C(C)C)cc2)cc1.N#C/C(=C(/C#N)c1ccc(O)cc1)c1ccc(O)cc1. The van der Waals surface area contributed by atoms with E-state index >= 15 is 0 Å². The number of hydrogen-bond acceptors (Lipinski definition) is 7. The molecular weight excluding hydrogens is 785 g/mol. The van der Waals surface area contributed by atoms with Crippen molar-refractivity contribution in [3.63, 3.8) is 0 Å². The average molecular weight is 851 g/mol. The number of phenols is 2. The fourth-order valence-corrected chi connectivity index (χ4v) is 17.5. The lowest BCUT2D eigenvalue weighted by Gasteiger charge is -2.42. The number of rotatable bonds is 12. The van der Waals surface area contributed by atoms with Crippen molar-refractivity contribution in [2.75, 3.05) is 0 Å². The molecule has 0 saturated carbocycles. The van der Waals surface area contributed by atoms with Crippen molar-refractivity contribution in [1.29, 1.82) is 21.0 Å². The van der Waals surface area contributed by atoms with Crippen LogP contribution in [0.25, 0.3) is 22.3 Å². The average Bonchev–Trinajstić information content (AvgIpc) is 3.22. The van der Waals surface area contributed by atoms with Gasteiger partial charge in [-0.05, 0) is 119 Å². The number of benzene rings is 4. The minimum atomic E-state index is -2.04. The van der Waals surface area contributed by atoms with Gasteiger partial charge in [-0.15, -0.1) is 0 Å². The lowest BCUT2D eigenvalue weighted by molar-refractivity contribution is 0.474. The summed E-state index contributed by atoms with van der Waals surface area (Å²) in [6.07, 6.45) is 0. The van der Waals surface area contributed by atoms with Crippen LogP contribution in [0.1, 0.15) is 111 Å². The first kappa shape index (κ1) is 51.3. The van der Waals surface area contributed by atoms with Crippen molar-refractivity contribution in [3.8, 4) is 41.5 Å². The first-order valence-electron chi connectivity index (χ1n) is 21.2. The van der Waals surface area contributed by atoms with E-state index in [4.69, 9.17) is 4.43 Å². The molecule has 0 unspecified atom stereocenters. The van der Waals surface area contributed by atoms with E-state index in [9.17, 15) is 31.3 Å². The van der Waals surface area contributed by atoms with Crippen LogP contribution in [-0.2, 0) is 0 Å². The quantitative estimate of drug-likeness (QED) is 0.0820. The Morgan fingerprint density at radius 1 is 0.426 bits per heavy atom. The summed E-state index contributed by atoms with van der Waals surface area (Å²) in [5.41, 5.74) is 9.13. The Hall–Kier alpha value is -5.85. The predicted molar refractivity (Wildman–Crippen MR) is 259 cm³/mol. The Morgan fingerprint density at radius 3 is 0.885 bits per heavy atom. The number of phenolic OH excluding ortho intramolecular Hbond substituents is 2. The van der Waals surface area contributed by atoms with Crippen molar-refractivity contribution in [1.82, 2.24) is 0 Å². The maximum Gasteiger partial charge on any atom is 0.258 e. The standard InChI is InChI=1S/C26H32N2OSi.C16H10N2O2.C10H24Si/c1-18(2)30(19(3)4,20(5)6)29-24-14-12-23(13-15-24)26(17-28)25(16-27)22-10-8-21(7)9-11-22;17-9-15(11-1-5-13(19)6-2-11)16(10-18)12-3-7-14(20)8-4-12;1-8(2)11(7,9(3)4)10(5)6/h8-15,18-20H,1-7H3;1-8,19-20H;8-10H,1-7H3/b26-25+;16-15+;. The Labute approximate surface area is 369 Å². The van der Waals surface area contributed by atoms with Crippen LogP contribution >= 0.6 is 0 Å². The molecule has 0 spiro atoms. The Kier molecular flexibility index (Phi) is 19.5. The van der Waals surface area contributed by atoms with E-state index in [1.165, 1.54) is 24.3 Å².